The van der Waals surface area contributed by atoms with Gasteiger partial charge in [0, 0.05) is 4.88 Å². The van der Waals surface area contributed by atoms with Crippen molar-refractivity contribution in [2.75, 3.05) is 6.61 Å². The molecule has 0 saturated carbocycles. The van der Waals surface area contributed by atoms with Crippen molar-refractivity contribution in [1.29, 1.82) is 0 Å². The van der Waals surface area contributed by atoms with E-state index in [9.17, 15) is 4.79 Å². The van der Waals surface area contributed by atoms with Crippen LogP contribution in [0.15, 0.2) is 6.07 Å². The van der Waals surface area contributed by atoms with Gasteiger partial charge in [0.15, 0.2) is 5.78 Å². The smallest absolute Gasteiger partial charge is 0.198 e. The summed E-state index contributed by atoms with van der Waals surface area (Å²) in [6, 6.07) is 1.94. The molecule has 1 aromatic heterocycles. The summed E-state index contributed by atoms with van der Waals surface area (Å²) in [7, 11) is 0. The number of aryl methyl sites for hydroxylation is 2. The second kappa shape index (κ2) is 4.71. The second-order valence-corrected chi connectivity index (χ2v) is 4.89. The Bertz CT molecular complexity index is 307. The molecule has 0 bridgehead atoms. The SMILES string of the molecule is Cc1cc(C(=O)COC(C)C)sc1C. The summed E-state index contributed by atoms with van der Waals surface area (Å²) in [6.07, 6.45) is 0.112. The average Bonchev–Trinajstić information content (AvgIpc) is 2.43. The molecule has 1 heterocycles. The van der Waals surface area contributed by atoms with Crippen LogP contribution >= 0.6 is 11.3 Å². The zero-order valence-electron chi connectivity index (χ0n) is 9.09. The third kappa shape index (κ3) is 2.93. The zero-order chi connectivity index (χ0) is 10.7. The minimum absolute atomic E-state index is 0.0832. The second-order valence-electron chi connectivity index (χ2n) is 3.63. The van der Waals surface area contributed by atoms with Crippen LogP contribution in [0.25, 0.3) is 0 Å². The number of rotatable bonds is 4. The Hall–Kier alpha value is -0.670. The van der Waals surface area contributed by atoms with Crippen molar-refractivity contribution < 1.29 is 9.53 Å². The van der Waals surface area contributed by atoms with Crippen LogP contribution in [0.3, 0.4) is 0 Å². The van der Waals surface area contributed by atoms with Crippen molar-refractivity contribution in [2.45, 2.75) is 33.8 Å². The summed E-state index contributed by atoms with van der Waals surface area (Å²) in [5.41, 5.74) is 1.18. The Morgan fingerprint density at radius 1 is 1.50 bits per heavy atom. The van der Waals surface area contributed by atoms with E-state index in [0.717, 1.165) is 4.88 Å². The number of hydrogen-bond acceptors (Lipinski definition) is 3. The molecule has 0 unspecified atom stereocenters. The first-order valence-corrected chi connectivity index (χ1v) is 5.54. The summed E-state index contributed by atoms with van der Waals surface area (Å²) in [5.74, 6) is 0.0832. The van der Waals surface area contributed by atoms with E-state index in [4.69, 9.17) is 4.74 Å². The predicted octanol–water partition coefficient (Wildman–Crippen LogP) is 2.97. The van der Waals surface area contributed by atoms with Crippen LogP contribution < -0.4 is 0 Å². The highest BCUT2D eigenvalue weighted by molar-refractivity contribution is 7.14. The summed E-state index contributed by atoms with van der Waals surface area (Å²) < 4.78 is 5.26. The lowest BCUT2D eigenvalue weighted by Crippen LogP contribution is -2.12. The number of ketones is 1. The minimum atomic E-state index is 0.0832. The third-order valence-corrected chi connectivity index (χ3v) is 3.18. The molecule has 3 heteroatoms. The number of ether oxygens (including phenoxy) is 1. The molecule has 1 rings (SSSR count). The van der Waals surface area contributed by atoms with Crippen LogP contribution in [0.4, 0.5) is 0 Å². The van der Waals surface area contributed by atoms with Crippen molar-refractivity contribution in [3.63, 3.8) is 0 Å². The summed E-state index contributed by atoms with van der Waals surface area (Å²) in [5, 5.41) is 0. The van der Waals surface area contributed by atoms with E-state index < -0.39 is 0 Å². The highest BCUT2D eigenvalue weighted by Crippen LogP contribution is 2.21. The summed E-state index contributed by atoms with van der Waals surface area (Å²) >= 11 is 1.54. The molecule has 78 valence electrons. The fourth-order valence-corrected chi connectivity index (χ4v) is 1.98. The van der Waals surface area contributed by atoms with Crippen molar-refractivity contribution >= 4 is 17.1 Å². The van der Waals surface area contributed by atoms with Gasteiger partial charge in [-0.3, -0.25) is 4.79 Å². The third-order valence-electron chi connectivity index (χ3n) is 1.99. The molecule has 0 saturated heterocycles. The Morgan fingerprint density at radius 2 is 2.14 bits per heavy atom. The van der Waals surface area contributed by atoms with Gasteiger partial charge in [0.1, 0.15) is 6.61 Å². The topological polar surface area (TPSA) is 26.3 Å². The van der Waals surface area contributed by atoms with Crippen LogP contribution in [-0.2, 0) is 4.74 Å². The molecule has 0 atom stereocenters. The van der Waals surface area contributed by atoms with Crippen molar-refractivity contribution in [1.82, 2.24) is 0 Å². The number of carbonyl (C=O) groups is 1. The molecule has 0 N–H and O–H groups in total. The fraction of sp³-hybridized carbons (Fsp3) is 0.545. The van der Waals surface area contributed by atoms with E-state index in [1.165, 1.54) is 10.4 Å². The van der Waals surface area contributed by atoms with Crippen LogP contribution in [0, 0.1) is 13.8 Å². The molecule has 2 nitrogen and oxygen atoms in total. The normalized spacial score (nSPS) is 10.9. The van der Waals surface area contributed by atoms with Gasteiger partial charge in [-0.05, 0) is 39.3 Å². The number of hydrogen-bond donors (Lipinski definition) is 0. The maximum atomic E-state index is 11.6. The molecular formula is C11H16O2S. The predicted molar refractivity (Wildman–Crippen MR) is 59.2 cm³/mol. The Labute approximate surface area is 88.9 Å². The standard InChI is InChI=1S/C11H16O2S/c1-7(2)13-6-10(12)11-5-8(3)9(4)14-11/h5,7H,6H2,1-4H3. The average molecular weight is 212 g/mol. The van der Waals surface area contributed by atoms with E-state index in [-0.39, 0.29) is 18.5 Å². The van der Waals surface area contributed by atoms with Crippen molar-refractivity contribution in [3.8, 4) is 0 Å². The lowest BCUT2D eigenvalue weighted by atomic mass is 10.2. The van der Waals surface area contributed by atoms with E-state index >= 15 is 0 Å². The molecule has 0 fully saturated rings. The lowest BCUT2D eigenvalue weighted by molar-refractivity contribution is 0.0588. The van der Waals surface area contributed by atoms with Gasteiger partial charge < -0.3 is 4.74 Å². The number of carbonyl (C=O) groups excluding carboxylic acids is 1. The van der Waals surface area contributed by atoms with Gasteiger partial charge in [-0.2, -0.15) is 0 Å². The van der Waals surface area contributed by atoms with Gasteiger partial charge in [-0.1, -0.05) is 0 Å². The van der Waals surface area contributed by atoms with E-state index in [1.54, 1.807) is 11.3 Å². The first kappa shape index (κ1) is 11.4. The van der Waals surface area contributed by atoms with Crippen LogP contribution in [-0.4, -0.2) is 18.5 Å². The number of Topliss-reactive ketones (excluding diaryl/α,β-unsaturated/α-hetero) is 1. The van der Waals surface area contributed by atoms with Crippen molar-refractivity contribution in [2.24, 2.45) is 0 Å². The molecule has 0 aliphatic carbocycles. The highest BCUT2D eigenvalue weighted by Gasteiger charge is 2.10. The molecule has 1 aromatic rings. The van der Waals surface area contributed by atoms with Crippen LogP contribution in [0.5, 0.6) is 0 Å². The van der Waals surface area contributed by atoms with Gasteiger partial charge in [-0.25, -0.2) is 0 Å². The molecule has 0 aromatic carbocycles. The van der Waals surface area contributed by atoms with Gasteiger partial charge in [0.2, 0.25) is 0 Å². The fourth-order valence-electron chi connectivity index (χ4n) is 1.02. The Balaban J connectivity index is 2.61. The maximum Gasteiger partial charge on any atom is 0.198 e. The zero-order valence-corrected chi connectivity index (χ0v) is 9.90. The molecule has 0 spiro atoms. The van der Waals surface area contributed by atoms with E-state index in [0.29, 0.717) is 0 Å². The molecule has 0 radical (unpaired) electrons. The van der Waals surface area contributed by atoms with Gasteiger partial charge in [-0.15, -0.1) is 11.3 Å². The van der Waals surface area contributed by atoms with E-state index in [1.807, 2.05) is 33.8 Å². The summed E-state index contributed by atoms with van der Waals surface area (Å²) in [6.45, 7) is 8.10. The monoisotopic (exact) mass is 212 g/mol. The Morgan fingerprint density at radius 3 is 2.57 bits per heavy atom. The Kier molecular flexibility index (Phi) is 3.84. The van der Waals surface area contributed by atoms with Gasteiger partial charge in [0.25, 0.3) is 0 Å². The van der Waals surface area contributed by atoms with Crippen molar-refractivity contribution in [3.05, 3.63) is 21.4 Å². The minimum Gasteiger partial charge on any atom is -0.371 e. The highest BCUT2D eigenvalue weighted by atomic mass is 32.1. The van der Waals surface area contributed by atoms with Crippen LogP contribution in [0.2, 0.25) is 0 Å². The van der Waals surface area contributed by atoms with Gasteiger partial charge >= 0.3 is 0 Å². The first-order chi connectivity index (χ1) is 6.50. The van der Waals surface area contributed by atoms with Crippen LogP contribution in [0.1, 0.15) is 34.0 Å². The van der Waals surface area contributed by atoms with Gasteiger partial charge in [0.05, 0.1) is 11.0 Å². The quantitative estimate of drug-likeness (QED) is 0.717. The summed E-state index contributed by atoms with van der Waals surface area (Å²) in [4.78, 5) is 13.6. The number of thiophene rings is 1. The molecule has 0 amide bonds. The van der Waals surface area contributed by atoms with E-state index in [2.05, 4.69) is 0 Å². The largest absolute Gasteiger partial charge is 0.371 e. The maximum absolute atomic E-state index is 11.6. The molecule has 0 aliphatic heterocycles. The molecular weight excluding hydrogens is 196 g/mol. The first-order valence-electron chi connectivity index (χ1n) is 4.72. The molecule has 0 aliphatic rings. The lowest BCUT2D eigenvalue weighted by Gasteiger charge is -2.04. The molecule has 14 heavy (non-hydrogen) atoms.